The van der Waals surface area contributed by atoms with Crippen molar-refractivity contribution < 1.29 is 23.9 Å². The van der Waals surface area contributed by atoms with Crippen LogP contribution in [0, 0.1) is 0 Å². The first-order valence-corrected chi connectivity index (χ1v) is 4.54. The summed E-state index contributed by atoms with van der Waals surface area (Å²) in [7, 11) is 2.64. The number of esters is 1. The first-order chi connectivity index (χ1) is 8.56. The number of carbonyl (C=O) groups is 3. The van der Waals surface area contributed by atoms with Gasteiger partial charge in [0.15, 0.2) is 5.70 Å². The molecule has 9 heteroatoms. The number of amides is 2. The second-order valence-electron chi connectivity index (χ2n) is 2.78. The van der Waals surface area contributed by atoms with Crippen molar-refractivity contribution in [1.29, 1.82) is 0 Å². The van der Waals surface area contributed by atoms with Gasteiger partial charge in [-0.1, -0.05) is 0 Å². The molecule has 0 radical (unpaired) electrons. The first-order valence-electron chi connectivity index (χ1n) is 4.54. The van der Waals surface area contributed by atoms with Crippen LogP contribution < -0.4 is 0 Å². The summed E-state index contributed by atoms with van der Waals surface area (Å²) in [6, 6.07) is 0. The number of rotatable bonds is 2. The highest BCUT2D eigenvalue weighted by Crippen LogP contribution is 2.07. The quantitative estimate of drug-likeness (QED) is 0.663. The lowest BCUT2D eigenvalue weighted by Gasteiger charge is -1.90. The third-order valence-electron chi connectivity index (χ3n) is 1.61. The lowest BCUT2D eigenvalue weighted by Crippen LogP contribution is -2.00. The summed E-state index contributed by atoms with van der Waals surface area (Å²) < 4.78 is 8.83. The molecule has 0 aliphatic carbocycles. The zero-order valence-electron chi connectivity index (χ0n) is 9.48. The van der Waals surface area contributed by atoms with Crippen LogP contribution in [-0.4, -0.2) is 32.0 Å². The monoisotopic (exact) mass is 252 g/mol. The lowest BCUT2D eigenvalue weighted by molar-refractivity contribution is -0.136. The van der Waals surface area contributed by atoms with Gasteiger partial charge in [-0.25, -0.2) is 4.79 Å². The molecule has 0 fully saturated rings. The number of nitrogens with zero attached hydrogens (tertiary/aromatic N) is 4. The Kier molecular flexibility index (Phi) is 4.55. The van der Waals surface area contributed by atoms with Gasteiger partial charge in [-0.2, -0.15) is 0 Å². The maximum Gasteiger partial charge on any atom is 0.358 e. The summed E-state index contributed by atoms with van der Waals surface area (Å²) in [4.78, 5) is 31.1. The van der Waals surface area contributed by atoms with E-state index >= 15 is 0 Å². The summed E-state index contributed by atoms with van der Waals surface area (Å²) in [5.74, 6) is -1.26. The van der Waals surface area contributed by atoms with Gasteiger partial charge in [0.05, 0.1) is 20.3 Å². The van der Waals surface area contributed by atoms with Gasteiger partial charge in [-0.15, -0.1) is 20.5 Å². The molecule has 0 aromatic carbocycles. The molecule has 2 amide bonds. The van der Waals surface area contributed by atoms with Gasteiger partial charge in [0.1, 0.15) is 0 Å². The van der Waals surface area contributed by atoms with E-state index in [2.05, 4.69) is 29.9 Å². The fourth-order valence-electron chi connectivity index (χ4n) is 0.844. The second kappa shape index (κ2) is 6.13. The van der Waals surface area contributed by atoms with Gasteiger partial charge in [0, 0.05) is 6.08 Å². The highest BCUT2D eigenvalue weighted by atomic mass is 16.5. The molecule has 0 spiro atoms. The van der Waals surface area contributed by atoms with Gasteiger partial charge in [-0.3, -0.25) is 9.59 Å². The largest absolute Gasteiger partial charge is 0.480 e. The van der Waals surface area contributed by atoms with E-state index in [1.165, 1.54) is 20.3 Å². The minimum atomic E-state index is -0.644. The summed E-state index contributed by atoms with van der Waals surface area (Å²) in [6.45, 7) is 0. The zero-order valence-corrected chi connectivity index (χ0v) is 9.48. The van der Waals surface area contributed by atoms with Gasteiger partial charge in [0.2, 0.25) is 5.88 Å². The fraction of sp³-hybridized carbons (Fsp3) is 0.222. The fourth-order valence-corrected chi connectivity index (χ4v) is 0.844. The normalized spacial score (nSPS) is 15.9. The topological polar surface area (TPSA) is 119 Å². The predicted molar refractivity (Wildman–Crippen MR) is 54.9 cm³/mol. The van der Waals surface area contributed by atoms with Crippen LogP contribution in [0.15, 0.2) is 44.2 Å². The molecule has 2 rings (SSSR count). The number of azo groups is 2. The lowest BCUT2D eigenvalue weighted by atomic mass is 10.4. The Morgan fingerprint density at radius 1 is 1.00 bits per heavy atom. The van der Waals surface area contributed by atoms with Crippen LogP contribution >= 0.6 is 0 Å². The van der Waals surface area contributed by atoms with E-state index in [-0.39, 0.29) is 17.5 Å². The second-order valence-corrected chi connectivity index (χ2v) is 2.78. The van der Waals surface area contributed by atoms with E-state index in [0.29, 0.717) is 0 Å². The zero-order chi connectivity index (χ0) is 13.5. The molecule has 0 unspecified atom stereocenters. The number of carbonyl (C=O) groups excluding carboxylic acids is 3. The van der Waals surface area contributed by atoms with Crippen LogP contribution in [0.4, 0.5) is 0 Å². The van der Waals surface area contributed by atoms with Crippen molar-refractivity contribution in [3.05, 3.63) is 23.7 Å². The van der Waals surface area contributed by atoms with E-state index in [1.54, 1.807) is 0 Å². The van der Waals surface area contributed by atoms with Crippen LogP contribution in [0.25, 0.3) is 0 Å². The van der Waals surface area contributed by atoms with Crippen molar-refractivity contribution in [1.82, 2.24) is 0 Å². The van der Waals surface area contributed by atoms with Crippen molar-refractivity contribution in [3.8, 4) is 0 Å². The summed E-state index contributed by atoms with van der Waals surface area (Å²) in [5.41, 5.74) is -0.0486. The Balaban J connectivity index is 0.000000184. The van der Waals surface area contributed by atoms with Crippen molar-refractivity contribution >= 4 is 17.8 Å². The molecule has 9 nitrogen and oxygen atoms in total. The van der Waals surface area contributed by atoms with Crippen molar-refractivity contribution in [2.75, 3.05) is 14.2 Å². The highest BCUT2D eigenvalue weighted by Gasteiger charge is 2.15. The summed E-state index contributed by atoms with van der Waals surface area (Å²) in [5, 5.41) is 12.8. The number of ether oxygens (including phenoxy) is 2. The van der Waals surface area contributed by atoms with E-state index < -0.39 is 11.9 Å². The smallest absolute Gasteiger partial charge is 0.358 e. The first kappa shape index (κ1) is 13.4. The molecule has 0 saturated carbocycles. The number of hydrogen-bond donors (Lipinski definition) is 0. The maximum atomic E-state index is 10.6. The minimum Gasteiger partial charge on any atom is -0.480 e. The molecule has 0 N–H and O–H groups in total. The Morgan fingerprint density at radius 2 is 1.61 bits per heavy atom. The Morgan fingerprint density at radius 3 is 1.94 bits per heavy atom. The third kappa shape index (κ3) is 3.70. The summed E-state index contributed by atoms with van der Waals surface area (Å²) >= 11 is 0. The molecule has 0 saturated heterocycles. The average Bonchev–Trinajstić information content (AvgIpc) is 2.97. The van der Waals surface area contributed by atoms with Crippen molar-refractivity contribution in [2.45, 2.75) is 0 Å². The van der Waals surface area contributed by atoms with Crippen molar-refractivity contribution in [3.63, 3.8) is 0 Å². The van der Waals surface area contributed by atoms with E-state index in [1.807, 2.05) is 0 Å². The van der Waals surface area contributed by atoms with E-state index in [9.17, 15) is 14.4 Å². The van der Waals surface area contributed by atoms with Crippen LogP contribution in [0.1, 0.15) is 0 Å². The van der Waals surface area contributed by atoms with Crippen LogP contribution in [-0.2, 0) is 23.9 Å². The SMILES string of the molecule is COC(=O)C1=CC(=O)N=N1.COC1=CC(=O)N=N1. The molecular weight excluding hydrogens is 244 g/mol. The molecule has 0 aromatic rings. The Labute approximate surface area is 101 Å². The predicted octanol–water partition coefficient (Wildman–Crippen LogP) is 0.502. The molecular formula is C9H8N4O5. The van der Waals surface area contributed by atoms with E-state index in [0.717, 1.165) is 6.08 Å². The molecule has 94 valence electrons. The van der Waals surface area contributed by atoms with Crippen LogP contribution in [0.3, 0.4) is 0 Å². The Bertz CT molecular complexity index is 503. The molecule has 0 aromatic heterocycles. The number of methoxy groups -OCH3 is 2. The molecule has 0 atom stereocenters. The molecule has 18 heavy (non-hydrogen) atoms. The van der Waals surface area contributed by atoms with Crippen LogP contribution in [0.2, 0.25) is 0 Å². The Hall–Kier alpha value is -2.71. The molecule has 0 bridgehead atoms. The van der Waals surface area contributed by atoms with Crippen LogP contribution in [0.5, 0.6) is 0 Å². The van der Waals surface area contributed by atoms with Crippen molar-refractivity contribution in [2.24, 2.45) is 20.5 Å². The maximum absolute atomic E-state index is 10.6. The number of hydrogen-bond acceptors (Lipinski definition) is 7. The summed E-state index contributed by atoms with van der Waals surface area (Å²) in [6.07, 6.45) is 2.24. The molecule has 2 heterocycles. The average molecular weight is 252 g/mol. The minimum absolute atomic E-state index is 0.0486. The highest BCUT2D eigenvalue weighted by molar-refractivity contribution is 6.00. The molecule has 2 aliphatic heterocycles. The van der Waals surface area contributed by atoms with Gasteiger partial charge in [-0.05, 0) is 0 Å². The van der Waals surface area contributed by atoms with E-state index in [4.69, 9.17) is 0 Å². The van der Waals surface area contributed by atoms with Gasteiger partial charge in [0.25, 0.3) is 11.8 Å². The third-order valence-corrected chi connectivity index (χ3v) is 1.61. The van der Waals surface area contributed by atoms with Gasteiger partial charge >= 0.3 is 5.97 Å². The molecule has 2 aliphatic rings. The van der Waals surface area contributed by atoms with Gasteiger partial charge < -0.3 is 9.47 Å². The standard InChI is InChI=1S/C5H4N2O3.C4H4N2O2/c1-10-5(9)3-2-4(8)7-6-3;1-8-4-2-3(7)5-6-4/h2H,1H3;2H,1H3.